The summed E-state index contributed by atoms with van der Waals surface area (Å²) in [5.74, 6) is -1.06. The molecule has 0 radical (unpaired) electrons. The number of anilines is 1. The molecule has 0 atom stereocenters. The largest absolute Gasteiger partial charge is 0.462 e. The maximum absolute atomic E-state index is 13.3. The summed E-state index contributed by atoms with van der Waals surface area (Å²) in [6.07, 6.45) is 0.239. The first-order chi connectivity index (χ1) is 13.0. The Morgan fingerprint density at radius 1 is 1.19 bits per heavy atom. The topological polar surface area (TPSA) is 55.4 Å². The zero-order chi connectivity index (χ0) is 19.4. The fraction of sp³-hybridized carbons (Fsp3) is 0.200. The SMILES string of the molecule is CCOC(=O)c1c(NC(=O)Cc2cccs2)sc(C)c1-c1ccc(F)cc1. The Morgan fingerprint density at radius 3 is 2.56 bits per heavy atom. The Hall–Kier alpha value is -2.51. The highest BCUT2D eigenvalue weighted by atomic mass is 32.1. The van der Waals surface area contributed by atoms with Gasteiger partial charge in [-0.05, 0) is 43.0 Å². The molecule has 0 aliphatic rings. The maximum Gasteiger partial charge on any atom is 0.341 e. The molecule has 4 nitrogen and oxygen atoms in total. The smallest absolute Gasteiger partial charge is 0.341 e. The van der Waals surface area contributed by atoms with E-state index in [4.69, 9.17) is 4.74 Å². The summed E-state index contributed by atoms with van der Waals surface area (Å²) >= 11 is 2.81. The molecule has 0 bridgehead atoms. The zero-order valence-corrected chi connectivity index (χ0v) is 16.5. The summed E-state index contributed by atoms with van der Waals surface area (Å²) in [6.45, 7) is 3.81. The van der Waals surface area contributed by atoms with Crippen LogP contribution in [0.1, 0.15) is 27.0 Å². The highest BCUT2D eigenvalue weighted by Gasteiger charge is 2.25. The summed E-state index contributed by atoms with van der Waals surface area (Å²) in [5.41, 5.74) is 1.67. The van der Waals surface area contributed by atoms with E-state index in [2.05, 4.69) is 5.32 Å². The number of hydrogen-bond donors (Lipinski definition) is 1. The minimum absolute atomic E-state index is 0.199. The Bertz CT molecular complexity index is 947. The number of thiophene rings is 2. The number of amides is 1. The Kier molecular flexibility index (Phi) is 6.03. The van der Waals surface area contributed by atoms with Crippen molar-refractivity contribution in [2.45, 2.75) is 20.3 Å². The summed E-state index contributed by atoms with van der Waals surface area (Å²) in [6, 6.07) is 9.70. The third kappa shape index (κ3) is 4.43. The van der Waals surface area contributed by atoms with Crippen LogP contribution in [0, 0.1) is 12.7 Å². The van der Waals surface area contributed by atoms with E-state index in [-0.39, 0.29) is 24.8 Å². The average molecular weight is 404 g/mol. The lowest BCUT2D eigenvalue weighted by Crippen LogP contribution is -2.16. The number of nitrogens with one attached hydrogen (secondary N) is 1. The monoisotopic (exact) mass is 403 g/mol. The van der Waals surface area contributed by atoms with Crippen LogP contribution in [0.4, 0.5) is 9.39 Å². The minimum atomic E-state index is -0.507. The van der Waals surface area contributed by atoms with Gasteiger partial charge in [0.05, 0.1) is 13.0 Å². The highest BCUT2D eigenvalue weighted by Crippen LogP contribution is 2.40. The van der Waals surface area contributed by atoms with Crippen LogP contribution in [0.25, 0.3) is 11.1 Å². The van der Waals surface area contributed by atoms with Gasteiger partial charge in [-0.15, -0.1) is 22.7 Å². The molecule has 140 valence electrons. The lowest BCUT2D eigenvalue weighted by atomic mass is 10.0. The normalized spacial score (nSPS) is 10.6. The lowest BCUT2D eigenvalue weighted by molar-refractivity contribution is -0.115. The van der Waals surface area contributed by atoms with Crippen LogP contribution < -0.4 is 5.32 Å². The number of carbonyl (C=O) groups is 2. The molecular formula is C20H18FNO3S2. The van der Waals surface area contributed by atoms with E-state index >= 15 is 0 Å². The molecule has 0 saturated carbocycles. The van der Waals surface area contributed by atoms with E-state index in [9.17, 15) is 14.0 Å². The second kappa shape index (κ2) is 8.45. The first-order valence-electron chi connectivity index (χ1n) is 8.38. The number of hydrogen-bond acceptors (Lipinski definition) is 5. The predicted octanol–water partition coefficient (Wildman–Crippen LogP) is 5.28. The van der Waals surface area contributed by atoms with Crippen LogP contribution in [0.5, 0.6) is 0 Å². The second-order valence-electron chi connectivity index (χ2n) is 5.77. The molecule has 2 aromatic heterocycles. The Balaban J connectivity index is 1.97. The van der Waals surface area contributed by atoms with Gasteiger partial charge in [-0.2, -0.15) is 0 Å². The van der Waals surface area contributed by atoms with Crippen LogP contribution in [-0.4, -0.2) is 18.5 Å². The number of aryl methyl sites for hydroxylation is 1. The van der Waals surface area contributed by atoms with Crippen molar-refractivity contribution >= 4 is 39.6 Å². The van der Waals surface area contributed by atoms with Crippen molar-refractivity contribution in [1.82, 2.24) is 0 Å². The number of carbonyl (C=O) groups excluding carboxylic acids is 2. The van der Waals surface area contributed by atoms with Gasteiger partial charge in [0.2, 0.25) is 5.91 Å². The molecule has 1 N–H and O–H groups in total. The number of ether oxygens (including phenoxy) is 1. The van der Waals surface area contributed by atoms with E-state index in [0.717, 1.165) is 9.75 Å². The van der Waals surface area contributed by atoms with Crippen LogP contribution in [0.15, 0.2) is 41.8 Å². The molecule has 7 heteroatoms. The summed E-state index contributed by atoms with van der Waals surface area (Å²) in [5, 5.41) is 5.20. The van der Waals surface area contributed by atoms with Crippen molar-refractivity contribution in [3.05, 3.63) is 62.9 Å². The van der Waals surface area contributed by atoms with Crippen molar-refractivity contribution in [1.29, 1.82) is 0 Å². The zero-order valence-electron chi connectivity index (χ0n) is 14.9. The van der Waals surface area contributed by atoms with Crippen LogP contribution in [-0.2, 0) is 16.0 Å². The van der Waals surface area contributed by atoms with Gasteiger partial charge in [-0.3, -0.25) is 4.79 Å². The fourth-order valence-electron chi connectivity index (χ4n) is 2.74. The first-order valence-corrected chi connectivity index (χ1v) is 10.1. The van der Waals surface area contributed by atoms with Crippen molar-refractivity contribution in [3.8, 4) is 11.1 Å². The van der Waals surface area contributed by atoms with Crippen molar-refractivity contribution in [3.63, 3.8) is 0 Å². The number of benzene rings is 1. The third-order valence-electron chi connectivity index (χ3n) is 3.86. The van der Waals surface area contributed by atoms with Crippen molar-refractivity contribution in [2.24, 2.45) is 0 Å². The lowest BCUT2D eigenvalue weighted by Gasteiger charge is -2.09. The molecule has 0 fully saturated rings. The standard InChI is InChI=1S/C20H18FNO3S2/c1-3-25-20(24)18-17(13-6-8-14(21)9-7-13)12(2)27-19(18)22-16(23)11-15-5-4-10-26-15/h4-10H,3,11H2,1-2H3,(H,22,23). The van der Waals surface area contributed by atoms with E-state index in [1.54, 1.807) is 19.1 Å². The van der Waals surface area contributed by atoms with E-state index in [0.29, 0.717) is 21.7 Å². The van der Waals surface area contributed by atoms with Crippen molar-refractivity contribution < 1.29 is 18.7 Å². The van der Waals surface area contributed by atoms with Gasteiger partial charge in [0, 0.05) is 15.3 Å². The van der Waals surface area contributed by atoms with E-state index < -0.39 is 5.97 Å². The average Bonchev–Trinajstić information content (AvgIpc) is 3.23. The third-order valence-corrected chi connectivity index (χ3v) is 5.76. The van der Waals surface area contributed by atoms with Crippen molar-refractivity contribution in [2.75, 3.05) is 11.9 Å². The van der Waals surface area contributed by atoms with E-state index in [1.807, 2.05) is 24.4 Å². The fourth-order valence-corrected chi connectivity index (χ4v) is 4.52. The molecule has 0 saturated heterocycles. The molecule has 3 rings (SSSR count). The number of rotatable bonds is 6. The van der Waals surface area contributed by atoms with Crippen LogP contribution in [0.2, 0.25) is 0 Å². The minimum Gasteiger partial charge on any atom is -0.462 e. The predicted molar refractivity (Wildman–Crippen MR) is 107 cm³/mol. The summed E-state index contributed by atoms with van der Waals surface area (Å²) in [7, 11) is 0. The molecule has 0 spiro atoms. The van der Waals surface area contributed by atoms with Gasteiger partial charge in [-0.1, -0.05) is 18.2 Å². The Morgan fingerprint density at radius 2 is 1.93 bits per heavy atom. The molecule has 0 unspecified atom stereocenters. The van der Waals surface area contributed by atoms with Gasteiger partial charge in [-0.25, -0.2) is 9.18 Å². The molecule has 0 aliphatic heterocycles. The van der Waals surface area contributed by atoms with Gasteiger partial charge in [0.15, 0.2) is 0 Å². The van der Waals surface area contributed by atoms with E-state index in [1.165, 1.54) is 34.8 Å². The summed E-state index contributed by atoms with van der Waals surface area (Å²) in [4.78, 5) is 26.8. The highest BCUT2D eigenvalue weighted by molar-refractivity contribution is 7.17. The Labute approximate surface area is 164 Å². The maximum atomic E-state index is 13.3. The molecule has 27 heavy (non-hydrogen) atoms. The number of halogens is 1. The second-order valence-corrected chi connectivity index (χ2v) is 8.03. The quantitative estimate of drug-likeness (QED) is 0.570. The molecule has 2 heterocycles. The summed E-state index contributed by atoms with van der Waals surface area (Å²) < 4.78 is 18.5. The number of esters is 1. The van der Waals surface area contributed by atoms with Gasteiger partial charge < -0.3 is 10.1 Å². The van der Waals surface area contributed by atoms with Crippen LogP contribution in [0.3, 0.4) is 0 Å². The molecule has 1 amide bonds. The van der Waals surface area contributed by atoms with Gasteiger partial charge in [0.1, 0.15) is 16.4 Å². The van der Waals surface area contributed by atoms with Gasteiger partial charge in [0.25, 0.3) is 0 Å². The molecule has 3 aromatic rings. The molecule has 1 aromatic carbocycles. The molecular weight excluding hydrogens is 385 g/mol. The van der Waals surface area contributed by atoms with Gasteiger partial charge >= 0.3 is 5.97 Å². The molecule has 0 aliphatic carbocycles. The first kappa shape index (κ1) is 19.3. The van der Waals surface area contributed by atoms with Crippen LogP contribution >= 0.6 is 22.7 Å².